The first kappa shape index (κ1) is 13.8. The van der Waals surface area contributed by atoms with Gasteiger partial charge in [-0.1, -0.05) is 29.9 Å². The average Bonchev–Trinajstić information content (AvgIpc) is 2.19. The molecule has 0 aliphatic rings. The van der Waals surface area contributed by atoms with Crippen LogP contribution in [0.15, 0.2) is 18.2 Å². The van der Waals surface area contributed by atoms with Crippen molar-refractivity contribution in [2.24, 2.45) is 5.73 Å². The highest BCUT2D eigenvalue weighted by atomic mass is 35.5. The van der Waals surface area contributed by atoms with Gasteiger partial charge in [-0.25, -0.2) is 0 Å². The first-order chi connectivity index (χ1) is 7.84. The smallest absolute Gasteiger partial charge is 0.288 e. The molecule has 2 N–H and O–H groups in total. The van der Waals surface area contributed by atoms with Crippen LogP contribution in [0.5, 0.6) is 0 Å². The Morgan fingerprint density at radius 2 is 2.18 bits per heavy atom. The van der Waals surface area contributed by atoms with E-state index in [1.807, 2.05) is 0 Å². The Morgan fingerprint density at radius 3 is 2.59 bits per heavy atom. The van der Waals surface area contributed by atoms with Gasteiger partial charge < -0.3 is 5.73 Å². The summed E-state index contributed by atoms with van der Waals surface area (Å²) in [4.78, 5) is 12.3. The van der Waals surface area contributed by atoms with E-state index in [4.69, 9.17) is 29.6 Å². The minimum Gasteiger partial charge on any atom is -0.392 e. The Hall–Kier alpha value is -1.24. The van der Waals surface area contributed by atoms with Gasteiger partial charge in [0.2, 0.25) is 0 Å². The molecule has 0 bridgehead atoms. The number of nitrogens with two attached hydrogens (primary N) is 1. The third-order valence-corrected chi connectivity index (χ3v) is 2.81. The van der Waals surface area contributed by atoms with Crippen molar-refractivity contribution in [3.05, 3.63) is 38.9 Å². The third-order valence-electron chi connectivity index (χ3n) is 2.27. The molecule has 0 radical (unpaired) electrons. The fraction of sp³-hybridized carbons (Fsp3) is 0.300. The summed E-state index contributed by atoms with van der Waals surface area (Å²) in [7, 11) is 3.59. The van der Waals surface area contributed by atoms with E-state index >= 15 is 0 Å². The Kier molecular flexibility index (Phi) is 4.39. The molecule has 0 saturated carbocycles. The van der Waals surface area contributed by atoms with Crippen LogP contribution in [0.1, 0.15) is 11.6 Å². The van der Waals surface area contributed by atoms with Crippen LogP contribution in [0.25, 0.3) is 0 Å². The van der Waals surface area contributed by atoms with Crippen molar-refractivity contribution in [1.29, 1.82) is 0 Å². The summed E-state index contributed by atoms with van der Waals surface area (Å²) < 4.78 is 0. The number of nitro groups is 1. The van der Waals surface area contributed by atoms with Crippen molar-refractivity contribution in [3.63, 3.8) is 0 Å². The number of thiocarbonyl (C=S) groups is 1. The SMILES string of the molecule is CN(C)C(C(N)=S)c1ccc(Cl)c([N+](=O)[O-])c1. The van der Waals surface area contributed by atoms with Crippen LogP contribution in [0, 0.1) is 10.1 Å². The van der Waals surface area contributed by atoms with Crippen LogP contribution < -0.4 is 5.73 Å². The number of hydrogen-bond donors (Lipinski definition) is 1. The molecule has 0 amide bonds. The summed E-state index contributed by atoms with van der Waals surface area (Å²) in [6, 6.07) is 4.20. The zero-order chi connectivity index (χ0) is 13.2. The highest BCUT2D eigenvalue weighted by molar-refractivity contribution is 7.80. The second-order valence-electron chi connectivity index (χ2n) is 3.74. The first-order valence-electron chi connectivity index (χ1n) is 4.74. The predicted octanol–water partition coefficient (Wildman–Crippen LogP) is 2.14. The molecule has 1 aromatic rings. The fourth-order valence-corrected chi connectivity index (χ4v) is 2.09. The van der Waals surface area contributed by atoms with E-state index in [0.717, 1.165) is 0 Å². The maximum absolute atomic E-state index is 10.8. The monoisotopic (exact) mass is 273 g/mol. The molecule has 0 fully saturated rings. The Morgan fingerprint density at radius 1 is 1.59 bits per heavy atom. The van der Waals surface area contributed by atoms with E-state index in [9.17, 15) is 10.1 Å². The molecule has 0 heterocycles. The van der Waals surface area contributed by atoms with Crippen molar-refractivity contribution in [3.8, 4) is 0 Å². The standard InChI is InChI=1S/C10H12ClN3O2S/c1-13(2)9(10(12)17)6-3-4-7(11)8(5-6)14(15)16/h3-5,9H,1-2H3,(H2,12,17). The van der Waals surface area contributed by atoms with Crippen molar-refractivity contribution in [1.82, 2.24) is 4.90 Å². The van der Waals surface area contributed by atoms with Gasteiger partial charge in [0.25, 0.3) is 5.69 Å². The number of nitro benzene ring substituents is 1. The van der Waals surface area contributed by atoms with Gasteiger partial charge in [0.15, 0.2) is 0 Å². The highest BCUT2D eigenvalue weighted by Crippen LogP contribution is 2.29. The van der Waals surface area contributed by atoms with Crippen LogP contribution in [-0.2, 0) is 0 Å². The Labute approximate surface area is 109 Å². The molecule has 7 heteroatoms. The molecule has 0 aromatic heterocycles. The van der Waals surface area contributed by atoms with E-state index in [1.54, 1.807) is 25.1 Å². The minimum atomic E-state index is -0.530. The molecule has 17 heavy (non-hydrogen) atoms. The normalized spacial score (nSPS) is 12.5. The molecule has 0 spiro atoms. The van der Waals surface area contributed by atoms with Gasteiger partial charge in [-0.3, -0.25) is 15.0 Å². The number of rotatable bonds is 4. The molecule has 1 aromatic carbocycles. The number of halogens is 1. The Balaban J connectivity index is 3.26. The predicted molar refractivity (Wildman–Crippen MR) is 71.3 cm³/mol. The molecular formula is C10H12ClN3O2S. The number of benzene rings is 1. The summed E-state index contributed by atoms with van der Waals surface area (Å²) in [5.74, 6) is 0. The summed E-state index contributed by atoms with van der Waals surface area (Å²) in [6.45, 7) is 0. The quantitative estimate of drug-likeness (QED) is 0.517. The number of likely N-dealkylation sites (N-methyl/N-ethyl adjacent to an activating group) is 1. The van der Waals surface area contributed by atoms with Gasteiger partial charge in [0, 0.05) is 6.07 Å². The second-order valence-corrected chi connectivity index (χ2v) is 4.62. The number of hydrogen-bond acceptors (Lipinski definition) is 4. The van der Waals surface area contributed by atoms with Crippen LogP contribution in [-0.4, -0.2) is 28.9 Å². The highest BCUT2D eigenvalue weighted by Gasteiger charge is 2.21. The minimum absolute atomic E-state index is 0.0965. The van der Waals surface area contributed by atoms with Gasteiger partial charge in [0.05, 0.1) is 16.0 Å². The van der Waals surface area contributed by atoms with Crippen LogP contribution >= 0.6 is 23.8 Å². The third kappa shape index (κ3) is 3.12. The van der Waals surface area contributed by atoms with Crippen molar-refractivity contribution in [2.45, 2.75) is 6.04 Å². The van der Waals surface area contributed by atoms with Crippen molar-refractivity contribution in [2.75, 3.05) is 14.1 Å². The summed E-state index contributed by atoms with van der Waals surface area (Å²) in [5.41, 5.74) is 6.13. The molecule has 1 atom stereocenters. The van der Waals surface area contributed by atoms with Crippen LogP contribution in [0.2, 0.25) is 5.02 Å². The van der Waals surface area contributed by atoms with Crippen LogP contribution in [0.3, 0.4) is 0 Å². The van der Waals surface area contributed by atoms with E-state index in [0.29, 0.717) is 5.56 Å². The first-order valence-corrected chi connectivity index (χ1v) is 5.52. The van der Waals surface area contributed by atoms with Gasteiger partial charge in [-0.15, -0.1) is 0 Å². The molecule has 92 valence electrons. The van der Waals surface area contributed by atoms with Gasteiger partial charge in [-0.05, 0) is 25.7 Å². The average molecular weight is 274 g/mol. The van der Waals surface area contributed by atoms with Gasteiger partial charge >= 0.3 is 0 Å². The molecular weight excluding hydrogens is 262 g/mol. The maximum Gasteiger partial charge on any atom is 0.288 e. The number of nitrogens with zero attached hydrogens (tertiary/aromatic N) is 2. The van der Waals surface area contributed by atoms with Crippen molar-refractivity contribution < 1.29 is 4.92 Å². The maximum atomic E-state index is 10.8. The Bertz CT molecular complexity index is 465. The van der Waals surface area contributed by atoms with Crippen molar-refractivity contribution >= 4 is 34.5 Å². The largest absolute Gasteiger partial charge is 0.392 e. The van der Waals surface area contributed by atoms with E-state index in [1.165, 1.54) is 12.1 Å². The van der Waals surface area contributed by atoms with E-state index in [2.05, 4.69) is 0 Å². The second kappa shape index (κ2) is 5.39. The van der Waals surface area contributed by atoms with E-state index in [-0.39, 0.29) is 21.7 Å². The molecule has 0 aliphatic carbocycles. The van der Waals surface area contributed by atoms with Gasteiger partial charge in [-0.2, -0.15) is 0 Å². The molecule has 5 nitrogen and oxygen atoms in total. The lowest BCUT2D eigenvalue weighted by molar-refractivity contribution is -0.384. The summed E-state index contributed by atoms with van der Waals surface area (Å²) in [5, 5.41) is 10.9. The molecule has 0 aliphatic heterocycles. The topological polar surface area (TPSA) is 72.4 Å². The lowest BCUT2D eigenvalue weighted by Gasteiger charge is -2.23. The van der Waals surface area contributed by atoms with Crippen LogP contribution in [0.4, 0.5) is 5.69 Å². The molecule has 1 unspecified atom stereocenters. The summed E-state index contributed by atoms with van der Waals surface area (Å²) >= 11 is 10.7. The molecule has 0 saturated heterocycles. The lowest BCUT2D eigenvalue weighted by Crippen LogP contribution is -2.31. The summed E-state index contributed by atoms with van der Waals surface area (Å²) in [6.07, 6.45) is 0. The van der Waals surface area contributed by atoms with E-state index < -0.39 is 4.92 Å². The zero-order valence-corrected chi connectivity index (χ0v) is 11.0. The molecule has 1 rings (SSSR count). The van der Waals surface area contributed by atoms with Gasteiger partial charge in [0.1, 0.15) is 5.02 Å². The lowest BCUT2D eigenvalue weighted by atomic mass is 10.1. The zero-order valence-electron chi connectivity index (χ0n) is 9.38. The fourth-order valence-electron chi connectivity index (χ4n) is 1.56.